The largest absolute Gasteiger partial charge is 0.441 e. The summed E-state index contributed by atoms with van der Waals surface area (Å²) in [6.45, 7) is 12.6. The van der Waals surface area contributed by atoms with Gasteiger partial charge in [-0.2, -0.15) is 0 Å². The highest BCUT2D eigenvalue weighted by Crippen LogP contribution is 2.34. The lowest BCUT2D eigenvalue weighted by Crippen LogP contribution is -2.53. The van der Waals surface area contributed by atoms with E-state index in [0.29, 0.717) is 12.0 Å². The number of nitrogens with one attached hydrogen (secondary N) is 1. The van der Waals surface area contributed by atoms with E-state index >= 15 is 0 Å². The molecule has 1 spiro atoms. The number of piperidine rings is 2. The number of nitrogens with zero attached hydrogens (tertiary/aromatic N) is 3. The van der Waals surface area contributed by atoms with Gasteiger partial charge in [0.2, 0.25) is 0 Å². The second-order valence-electron chi connectivity index (χ2n) is 9.02. The smallest absolute Gasteiger partial charge is 0.410 e. The molecule has 0 aromatic heterocycles. The minimum Gasteiger partial charge on any atom is -0.441 e. The van der Waals surface area contributed by atoms with Crippen molar-refractivity contribution in [2.24, 2.45) is 5.92 Å². The molecule has 1 amide bonds. The van der Waals surface area contributed by atoms with Gasteiger partial charge in [-0.15, -0.1) is 0 Å². The van der Waals surface area contributed by atoms with Crippen molar-refractivity contribution in [2.45, 2.75) is 57.6 Å². The molecule has 3 aliphatic heterocycles. The summed E-state index contributed by atoms with van der Waals surface area (Å²) in [7, 11) is 2.17. The number of hydrogen-bond acceptors (Lipinski definition) is 5. The van der Waals surface area contributed by atoms with Gasteiger partial charge in [-0.05, 0) is 45.3 Å². The van der Waals surface area contributed by atoms with E-state index in [2.05, 4.69) is 36.0 Å². The number of rotatable bonds is 7. The highest BCUT2D eigenvalue weighted by molar-refractivity contribution is 5.70. The van der Waals surface area contributed by atoms with Gasteiger partial charge >= 0.3 is 6.09 Å². The Bertz CT molecular complexity index is 457. The molecule has 150 valence electrons. The van der Waals surface area contributed by atoms with Crippen molar-refractivity contribution in [3.05, 3.63) is 0 Å². The van der Waals surface area contributed by atoms with Crippen molar-refractivity contribution >= 4 is 6.09 Å². The molecule has 0 radical (unpaired) electrons. The molecule has 0 saturated carbocycles. The molecule has 1 atom stereocenters. The molecule has 0 bridgehead atoms. The van der Waals surface area contributed by atoms with Crippen LogP contribution < -0.4 is 5.32 Å². The normalized spacial score (nSPS) is 26.9. The average Bonchev–Trinajstić information content (AvgIpc) is 2.91. The topological polar surface area (TPSA) is 48.0 Å². The summed E-state index contributed by atoms with van der Waals surface area (Å²) in [4.78, 5) is 19.3. The van der Waals surface area contributed by atoms with Crippen molar-refractivity contribution in [3.8, 4) is 0 Å². The zero-order valence-electron chi connectivity index (χ0n) is 17.0. The Kier molecular flexibility index (Phi) is 6.81. The average molecular weight is 367 g/mol. The third-order valence-electron chi connectivity index (χ3n) is 6.18. The minimum absolute atomic E-state index is 0.0932. The first-order chi connectivity index (χ1) is 12.5. The van der Waals surface area contributed by atoms with Crippen LogP contribution in [0.1, 0.15) is 46.0 Å². The van der Waals surface area contributed by atoms with Crippen LogP contribution in [0.5, 0.6) is 0 Å². The molecule has 1 unspecified atom stereocenters. The number of hydrogen-bond donors (Lipinski definition) is 1. The maximum Gasteiger partial charge on any atom is 0.410 e. The van der Waals surface area contributed by atoms with Crippen molar-refractivity contribution in [2.75, 3.05) is 59.4 Å². The zero-order chi connectivity index (χ0) is 18.6. The van der Waals surface area contributed by atoms with Crippen molar-refractivity contribution in [1.29, 1.82) is 0 Å². The first-order valence-corrected chi connectivity index (χ1v) is 10.6. The second-order valence-corrected chi connectivity index (χ2v) is 9.02. The molecule has 0 aromatic rings. The Morgan fingerprint density at radius 2 is 2.12 bits per heavy atom. The summed E-state index contributed by atoms with van der Waals surface area (Å²) >= 11 is 0. The maximum absolute atomic E-state index is 12.4. The highest BCUT2D eigenvalue weighted by Gasteiger charge is 2.47. The molecule has 3 heterocycles. The minimum atomic E-state index is -0.223. The fourth-order valence-corrected chi connectivity index (χ4v) is 4.81. The molecule has 3 fully saturated rings. The molecule has 26 heavy (non-hydrogen) atoms. The van der Waals surface area contributed by atoms with E-state index in [1.54, 1.807) is 0 Å². The van der Waals surface area contributed by atoms with E-state index < -0.39 is 0 Å². The lowest BCUT2D eigenvalue weighted by molar-refractivity contribution is -0.0127. The highest BCUT2D eigenvalue weighted by atomic mass is 16.6. The first-order valence-electron chi connectivity index (χ1n) is 10.6. The number of carbonyl (C=O) groups excluding carboxylic acids is 1. The summed E-state index contributed by atoms with van der Waals surface area (Å²) < 4.78 is 5.89. The quantitative estimate of drug-likeness (QED) is 0.747. The maximum atomic E-state index is 12.4. The van der Waals surface area contributed by atoms with E-state index in [9.17, 15) is 4.79 Å². The third-order valence-corrected chi connectivity index (χ3v) is 6.18. The van der Waals surface area contributed by atoms with E-state index in [0.717, 1.165) is 71.6 Å². The Hall–Kier alpha value is -0.850. The number of ether oxygens (including phenoxy) is 1. The van der Waals surface area contributed by atoms with Crippen LogP contribution in [-0.4, -0.2) is 91.8 Å². The van der Waals surface area contributed by atoms with Gasteiger partial charge in [0, 0.05) is 51.6 Å². The Morgan fingerprint density at radius 3 is 2.77 bits per heavy atom. The molecule has 3 aliphatic rings. The van der Waals surface area contributed by atoms with Crippen molar-refractivity contribution < 1.29 is 9.53 Å². The van der Waals surface area contributed by atoms with Gasteiger partial charge in [0.1, 0.15) is 5.60 Å². The molecular weight excluding hydrogens is 328 g/mol. The van der Waals surface area contributed by atoms with Crippen molar-refractivity contribution in [3.63, 3.8) is 0 Å². The van der Waals surface area contributed by atoms with Crippen LogP contribution in [-0.2, 0) is 4.74 Å². The van der Waals surface area contributed by atoms with Crippen LogP contribution in [0.25, 0.3) is 0 Å². The second kappa shape index (κ2) is 8.89. The van der Waals surface area contributed by atoms with E-state index in [-0.39, 0.29) is 11.7 Å². The molecule has 0 aliphatic carbocycles. The van der Waals surface area contributed by atoms with Crippen LogP contribution in [0.2, 0.25) is 0 Å². The summed E-state index contributed by atoms with van der Waals surface area (Å²) in [5, 5.41) is 3.51. The SMILES string of the molecule is CC(C)CN(C)CCCN1CC2(CCN(C3CCCNC3)CC2)OC1=O. The Morgan fingerprint density at radius 1 is 1.35 bits per heavy atom. The molecule has 6 nitrogen and oxygen atoms in total. The van der Waals surface area contributed by atoms with E-state index in [1.165, 1.54) is 12.8 Å². The molecule has 0 aromatic carbocycles. The Balaban J connectivity index is 1.41. The van der Waals surface area contributed by atoms with E-state index in [4.69, 9.17) is 4.74 Å². The van der Waals surface area contributed by atoms with Gasteiger partial charge in [-0.3, -0.25) is 4.90 Å². The molecule has 1 N–H and O–H groups in total. The zero-order valence-corrected chi connectivity index (χ0v) is 17.0. The summed E-state index contributed by atoms with van der Waals surface area (Å²) in [5.74, 6) is 0.685. The van der Waals surface area contributed by atoms with Gasteiger partial charge in [0.15, 0.2) is 0 Å². The van der Waals surface area contributed by atoms with Gasteiger partial charge in [-0.1, -0.05) is 13.8 Å². The van der Waals surface area contributed by atoms with Crippen molar-refractivity contribution in [1.82, 2.24) is 20.0 Å². The molecule has 6 heteroatoms. The van der Waals surface area contributed by atoms with Gasteiger partial charge in [0.25, 0.3) is 0 Å². The third kappa shape index (κ3) is 5.11. The fourth-order valence-electron chi connectivity index (χ4n) is 4.81. The summed E-state index contributed by atoms with van der Waals surface area (Å²) in [6.07, 6.45) is 5.48. The van der Waals surface area contributed by atoms with Crippen LogP contribution in [0.3, 0.4) is 0 Å². The number of likely N-dealkylation sites (tertiary alicyclic amines) is 1. The fraction of sp³-hybridized carbons (Fsp3) is 0.950. The summed E-state index contributed by atoms with van der Waals surface area (Å²) in [5.41, 5.74) is -0.223. The predicted molar refractivity (Wildman–Crippen MR) is 104 cm³/mol. The van der Waals surface area contributed by atoms with Crippen LogP contribution in [0.4, 0.5) is 4.79 Å². The number of amides is 1. The lowest BCUT2D eigenvalue weighted by Gasteiger charge is -2.42. The van der Waals surface area contributed by atoms with E-state index in [1.807, 2.05) is 4.90 Å². The predicted octanol–water partition coefficient (Wildman–Crippen LogP) is 2.00. The lowest BCUT2D eigenvalue weighted by atomic mass is 9.89. The molecular formula is C20H38N4O2. The van der Waals surface area contributed by atoms with Crippen LogP contribution in [0.15, 0.2) is 0 Å². The molecule has 3 rings (SSSR count). The van der Waals surface area contributed by atoms with Crippen LogP contribution in [0, 0.1) is 5.92 Å². The summed E-state index contributed by atoms with van der Waals surface area (Å²) in [6, 6.07) is 0.672. The van der Waals surface area contributed by atoms with Gasteiger partial charge in [0.05, 0.1) is 6.54 Å². The van der Waals surface area contributed by atoms with Gasteiger partial charge in [-0.25, -0.2) is 4.79 Å². The standard InChI is InChI=1S/C20H38N4O2/c1-17(2)15-22(3)10-5-11-24-16-20(26-19(24)25)7-12-23(13-8-20)18-6-4-9-21-14-18/h17-18,21H,4-16H2,1-3H3. The monoisotopic (exact) mass is 366 g/mol. The van der Waals surface area contributed by atoms with Crippen LogP contribution >= 0.6 is 0 Å². The number of carbonyl (C=O) groups is 1. The molecule has 3 saturated heterocycles. The van der Waals surface area contributed by atoms with Gasteiger partial charge < -0.3 is 19.9 Å². The Labute approximate surface area is 159 Å². The first kappa shape index (κ1) is 19.9.